The quantitative estimate of drug-likeness (QED) is 0.103. The Kier molecular flexibility index (Phi) is 14.8. The SMILES string of the molecule is CCCCCOC[C@H](CO[C@H]1[C@@H](O)[C@H](n2ccc(N)nc2=O)O[C@@H]1COP(=O)(O)OP(=O)(O)O)OCCCCC. The highest BCUT2D eigenvalue weighted by atomic mass is 31.3. The summed E-state index contributed by atoms with van der Waals surface area (Å²) < 4.78 is 55.7. The van der Waals surface area contributed by atoms with Gasteiger partial charge in [0.25, 0.3) is 0 Å². The molecule has 1 aromatic rings. The number of phosphoric ester groups is 1. The fourth-order valence-electron chi connectivity index (χ4n) is 3.87. The normalized spacial score (nSPS) is 23.8. The van der Waals surface area contributed by atoms with Crippen molar-refractivity contribution in [3.63, 3.8) is 0 Å². The van der Waals surface area contributed by atoms with E-state index in [0.717, 1.165) is 43.1 Å². The van der Waals surface area contributed by atoms with Crippen molar-refractivity contribution >= 4 is 21.5 Å². The molecular weight excluding hydrogens is 576 g/mol. The first-order valence-corrected chi connectivity index (χ1v) is 16.1. The molecule has 16 nitrogen and oxygen atoms in total. The van der Waals surface area contributed by atoms with E-state index in [1.165, 1.54) is 12.3 Å². The molecule has 0 spiro atoms. The average molecular weight is 618 g/mol. The van der Waals surface area contributed by atoms with Gasteiger partial charge in [0, 0.05) is 19.4 Å². The number of rotatable bonds is 20. The summed E-state index contributed by atoms with van der Waals surface area (Å²) in [5.74, 6) is -0.0563. The van der Waals surface area contributed by atoms with Crippen molar-refractivity contribution in [3.8, 4) is 0 Å². The highest BCUT2D eigenvalue weighted by Crippen LogP contribution is 2.57. The average Bonchev–Trinajstić information content (AvgIpc) is 3.16. The molecule has 2 heterocycles. The number of phosphoric acid groups is 2. The van der Waals surface area contributed by atoms with Crippen molar-refractivity contribution in [2.75, 3.05) is 38.8 Å². The minimum atomic E-state index is -5.36. The zero-order valence-electron chi connectivity index (χ0n) is 22.6. The summed E-state index contributed by atoms with van der Waals surface area (Å²) in [6.45, 7) is 4.49. The summed E-state index contributed by atoms with van der Waals surface area (Å²) in [4.78, 5) is 43.4. The molecule has 0 aromatic carbocycles. The molecule has 0 aliphatic carbocycles. The summed E-state index contributed by atoms with van der Waals surface area (Å²) in [6, 6.07) is 1.31. The molecular formula is C22H41N3O13P2. The maximum absolute atomic E-state index is 12.4. The minimum absolute atomic E-state index is 0.0563. The summed E-state index contributed by atoms with van der Waals surface area (Å²) in [5, 5.41) is 11.0. The molecule has 1 aliphatic heterocycles. The molecule has 6 atom stereocenters. The van der Waals surface area contributed by atoms with Gasteiger partial charge in [-0.2, -0.15) is 9.29 Å². The zero-order chi connectivity index (χ0) is 29.8. The van der Waals surface area contributed by atoms with E-state index >= 15 is 0 Å². The smallest absolute Gasteiger partial charge is 0.386 e. The number of anilines is 1. The highest BCUT2D eigenvalue weighted by molar-refractivity contribution is 7.60. The van der Waals surface area contributed by atoms with Crippen LogP contribution in [0.1, 0.15) is 58.6 Å². The third-order valence-electron chi connectivity index (χ3n) is 5.82. The monoisotopic (exact) mass is 617 g/mol. The number of hydrogen-bond acceptors (Lipinski definition) is 12. The Morgan fingerprint density at radius 3 is 2.40 bits per heavy atom. The maximum atomic E-state index is 12.4. The lowest BCUT2D eigenvalue weighted by Crippen LogP contribution is -2.40. The third kappa shape index (κ3) is 12.3. The van der Waals surface area contributed by atoms with Crippen molar-refractivity contribution in [2.45, 2.75) is 83.0 Å². The molecule has 1 aromatic heterocycles. The van der Waals surface area contributed by atoms with Crippen LogP contribution in [0.3, 0.4) is 0 Å². The maximum Gasteiger partial charge on any atom is 0.481 e. The zero-order valence-corrected chi connectivity index (χ0v) is 24.4. The second-order valence-electron chi connectivity index (χ2n) is 9.21. The molecule has 1 aliphatic rings. The van der Waals surface area contributed by atoms with Gasteiger partial charge in [-0.05, 0) is 18.9 Å². The predicted octanol–water partition coefficient (Wildman–Crippen LogP) is 1.48. The van der Waals surface area contributed by atoms with E-state index in [-0.39, 0.29) is 19.0 Å². The number of aromatic nitrogens is 2. The summed E-state index contributed by atoms with van der Waals surface area (Å²) >= 11 is 0. The highest BCUT2D eigenvalue weighted by Gasteiger charge is 2.47. The Morgan fingerprint density at radius 2 is 1.77 bits per heavy atom. The van der Waals surface area contributed by atoms with Gasteiger partial charge in [-0.25, -0.2) is 13.9 Å². The molecule has 2 rings (SSSR count). The lowest BCUT2D eigenvalue weighted by atomic mass is 10.1. The Labute approximate surface area is 232 Å². The number of hydrogen-bond donors (Lipinski definition) is 5. The van der Waals surface area contributed by atoms with Crippen LogP contribution in [0.25, 0.3) is 0 Å². The molecule has 1 unspecified atom stereocenters. The van der Waals surface area contributed by atoms with E-state index in [1.807, 2.05) is 0 Å². The topological polar surface area (TPSA) is 231 Å². The van der Waals surface area contributed by atoms with E-state index < -0.39 is 58.6 Å². The van der Waals surface area contributed by atoms with Crippen LogP contribution in [0.5, 0.6) is 0 Å². The van der Waals surface area contributed by atoms with Gasteiger partial charge < -0.3 is 44.5 Å². The predicted molar refractivity (Wildman–Crippen MR) is 141 cm³/mol. The van der Waals surface area contributed by atoms with E-state index in [9.17, 15) is 23.9 Å². The molecule has 0 bridgehead atoms. The number of aliphatic hydroxyl groups is 1. The van der Waals surface area contributed by atoms with Crippen molar-refractivity contribution in [1.82, 2.24) is 9.55 Å². The Balaban J connectivity index is 2.16. The largest absolute Gasteiger partial charge is 0.481 e. The Morgan fingerprint density at radius 1 is 1.10 bits per heavy atom. The van der Waals surface area contributed by atoms with Gasteiger partial charge in [-0.1, -0.05) is 39.5 Å². The van der Waals surface area contributed by atoms with Crippen LogP contribution < -0.4 is 11.4 Å². The second kappa shape index (κ2) is 17.0. The molecule has 18 heteroatoms. The van der Waals surface area contributed by atoms with Crippen LogP contribution >= 0.6 is 15.6 Å². The summed E-state index contributed by atoms with van der Waals surface area (Å²) in [6.07, 6.45) is 1.13. The van der Waals surface area contributed by atoms with Gasteiger partial charge >= 0.3 is 21.3 Å². The van der Waals surface area contributed by atoms with Gasteiger partial charge in [0.05, 0.1) is 19.8 Å². The van der Waals surface area contributed by atoms with Crippen molar-refractivity contribution in [3.05, 3.63) is 22.7 Å². The second-order valence-corrected chi connectivity index (χ2v) is 12.0. The lowest BCUT2D eigenvalue weighted by molar-refractivity contribution is -0.108. The van der Waals surface area contributed by atoms with Crippen molar-refractivity contribution < 1.29 is 56.7 Å². The fourth-order valence-corrected chi connectivity index (χ4v) is 5.47. The van der Waals surface area contributed by atoms with Gasteiger partial charge in [0.2, 0.25) is 0 Å². The molecule has 6 N–H and O–H groups in total. The number of aliphatic hydroxyl groups excluding tert-OH is 1. The standard InChI is InChI=1S/C22H41N3O13P2/c1-3-5-7-11-33-13-16(34-12-8-6-4-2)14-35-20-17(15-36-40(31,32)38-39(28,29)30)37-21(19(20)26)25-10-9-18(23)24-22(25)27/h9-10,16-17,19-21,26H,3-8,11-15H2,1-2H3,(H,31,32)(H2,23,24,27)(H2,28,29,30)/t16-,17-,19-,20-,21-/m1/s1. The molecule has 0 radical (unpaired) electrons. The first-order chi connectivity index (χ1) is 18.9. The van der Waals surface area contributed by atoms with Gasteiger partial charge in [0.1, 0.15) is 30.2 Å². The third-order valence-corrected chi connectivity index (χ3v) is 7.97. The van der Waals surface area contributed by atoms with E-state index in [1.54, 1.807) is 0 Å². The minimum Gasteiger partial charge on any atom is -0.386 e. The van der Waals surface area contributed by atoms with Crippen LogP contribution in [0.2, 0.25) is 0 Å². The number of nitrogen functional groups attached to an aromatic ring is 1. The van der Waals surface area contributed by atoms with E-state index in [0.29, 0.717) is 13.2 Å². The summed E-state index contributed by atoms with van der Waals surface area (Å²) in [5.41, 5.74) is 4.70. The molecule has 1 saturated heterocycles. The lowest BCUT2D eigenvalue weighted by Gasteiger charge is -2.25. The van der Waals surface area contributed by atoms with Crippen LogP contribution in [-0.4, -0.2) is 86.8 Å². The number of unbranched alkanes of at least 4 members (excludes halogenated alkanes) is 4. The summed E-state index contributed by atoms with van der Waals surface area (Å²) in [7, 11) is -10.6. The van der Waals surface area contributed by atoms with Crippen molar-refractivity contribution in [2.24, 2.45) is 0 Å². The van der Waals surface area contributed by atoms with Crippen LogP contribution in [0.4, 0.5) is 5.82 Å². The van der Waals surface area contributed by atoms with Gasteiger partial charge in [-0.3, -0.25) is 9.09 Å². The van der Waals surface area contributed by atoms with Gasteiger partial charge in [0.15, 0.2) is 6.23 Å². The Bertz CT molecular complexity index is 1040. The number of nitrogens with two attached hydrogens (primary N) is 1. The van der Waals surface area contributed by atoms with Crippen LogP contribution in [-0.2, 0) is 36.9 Å². The van der Waals surface area contributed by atoms with Crippen molar-refractivity contribution in [1.29, 1.82) is 0 Å². The first kappa shape index (κ1) is 34.9. The first-order valence-electron chi connectivity index (χ1n) is 13.1. The van der Waals surface area contributed by atoms with Crippen LogP contribution in [0.15, 0.2) is 17.1 Å². The molecule has 0 amide bonds. The molecule has 232 valence electrons. The number of ether oxygens (including phenoxy) is 4. The van der Waals surface area contributed by atoms with E-state index in [2.05, 4.69) is 23.1 Å². The molecule has 0 saturated carbocycles. The molecule has 1 fully saturated rings. The Hall–Kier alpha value is -1.26. The van der Waals surface area contributed by atoms with Crippen LogP contribution in [0, 0.1) is 0 Å². The molecule has 40 heavy (non-hydrogen) atoms. The fraction of sp³-hybridized carbons (Fsp3) is 0.818. The van der Waals surface area contributed by atoms with Gasteiger partial charge in [-0.15, -0.1) is 0 Å². The number of nitrogens with zero attached hydrogens (tertiary/aromatic N) is 2. The van der Waals surface area contributed by atoms with E-state index in [4.69, 9.17) is 39.0 Å².